The van der Waals surface area contributed by atoms with Crippen molar-refractivity contribution in [3.63, 3.8) is 0 Å². The molecule has 2 saturated heterocycles. The second-order valence-electron chi connectivity index (χ2n) is 10.2. The second kappa shape index (κ2) is 13.0. The zero-order chi connectivity index (χ0) is 27.3. The SMILES string of the molecule is COC(=O)NC(CCN1CCC2(CC1)CCN(Cc1ccc(S(C)(=O)=O)cc1)C2=O)c1ccccc1OC.Cl. The molecule has 11 heteroatoms. The van der Waals surface area contributed by atoms with Gasteiger partial charge in [0.25, 0.3) is 0 Å². The van der Waals surface area contributed by atoms with Gasteiger partial charge in [0.15, 0.2) is 9.84 Å². The molecule has 39 heavy (non-hydrogen) atoms. The average molecular weight is 580 g/mol. The van der Waals surface area contributed by atoms with Crippen LogP contribution >= 0.6 is 12.4 Å². The van der Waals surface area contributed by atoms with Crippen LogP contribution in [0.2, 0.25) is 0 Å². The number of ether oxygens (including phenoxy) is 2. The third-order valence-corrected chi connectivity index (χ3v) is 8.99. The number of rotatable bonds is 9. The van der Waals surface area contributed by atoms with Gasteiger partial charge in [-0.3, -0.25) is 4.79 Å². The van der Waals surface area contributed by atoms with Crippen molar-refractivity contribution in [2.45, 2.75) is 43.2 Å². The fourth-order valence-corrected chi connectivity index (χ4v) is 6.18. The molecule has 2 aliphatic heterocycles. The quantitative estimate of drug-likeness (QED) is 0.481. The Balaban J connectivity index is 0.00000420. The number of hydrogen-bond donors (Lipinski definition) is 1. The molecule has 0 aliphatic carbocycles. The monoisotopic (exact) mass is 579 g/mol. The highest BCUT2D eigenvalue weighted by Gasteiger charge is 2.47. The molecule has 2 heterocycles. The molecule has 2 aromatic rings. The van der Waals surface area contributed by atoms with Gasteiger partial charge < -0.3 is 24.6 Å². The van der Waals surface area contributed by atoms with Gasteiger partial charge in [0.1, 0.15) is 5.75 Å². The maximum absolute atomic E-state index is 13.4. The summed E-state index contributed by atoms with van der Waals surface area (Å²) in [7, 11) is -0.272. The van der Waals surface area contributed by atoms with Crippen molar-refractivity contribution >= 4 is 34.2 Å². The van der Waals surface area contributed by atoms with Crippen molar-refractivity contribution in [1.29, 1.82) is 0 Å². The highest BCUT2D eigenvalue weighted by atomic mass is 35.5. The number of amides is 2. The van der Waals surface area contributed by atoms with Crippen LogP contribution in [0.1, 0.15) is 42.9 Å². The number of halogens is 1. The van der Waals surface area contributed by atoms with Crippen molar-refractivity contribution in [3.8, 4) is 5.75 Å². The predicted molar refractivity (Wildman–Crippen MR) is 151 cm³/mol. The van der Waals surface area contributed by atoms with Gasteiger partial charge in [-0.2, -0.15) is 0 Å². The summed E-state index contributed by atoms with van der Waals surface area (Å²) in [5, 5.41) is 2.93. The van der Waals surface area contributed by atoms with Gasteiger partial charge in [-0.15, -0.1) is 12.4 Å². The lowest BCUT2D eigenvalue weighted by atomic mass is 9.77. The molecule has 4 rings (SSSR count). The van der Waals surface area contributed by atoms with E-state index in [1.807, 2.05) is 29.2 Å². The van der Waals surface area contributed by atoms with Crippen LogP contribution in [0.4, 0.5) is 4.79 Å². The molecule has 1 atom stereocenters. The molecule has 0 saturated carbocycles. The smallest absolute Gasteiger partial charge is 0.407 e. The third-order valence-electron chi connectivity index (χ3n) is 7.87. The number of alkyl carbamates (subject to hydrolysis) is 1. The lowest BCUT2D eigenvalue weighted by Gasteiger charge is -2.38. The summed E-state index contributed by atoms with van der Waals surface area (Å²) in [6.07, 6.45) is 3.84. The van der Waals surface area contributed by atoms with Gasteiger partial charge >= 0.3 is 6.09 Å². The van der Waals surface area contributed by atoms with Crippen LogP contribution in [0.5, 0.6) is 5.75 Å². The third kappa shape index (κ3) is 7.23. The Morgan fingerprint density at radius 1 is 1.03 bits per heavy atom. The van der Waals surface area contributed by atoms with E-state index in [4.69, 9.17) is 9.47 Å². The molecule has 0 aromatic heterocycles. The van der Waals surface area contributed by atoms with Crippen LogP contribution in [0.15, 0.2) is 53.4 Å². The fraction of sp³-hybridized carbons (Fsp3) is 0.500. The number of likely N-dealkylation sites (tertiary alicyclic amines) is 2. The lowest BCUT2D eigenvalue weighted by Crippen LogP contribution is -2.45. The lowest BCUT2D eigenvalue weighted by molar-refractivity contribution is -0.138. The highest BCUT2D eigenvalue weighted by molar-refractivity contribution is 7.90. The predicted octanol–water partition coefficient (Wildman–Crippen LogP) is 3.82. The van der Waals surface area contributed by atoms with E-state index in [2.05, 4.69) is 10.2 Å². The minimum atomic E-state index is -3.24. The summed E-state index contributed by atoms with van der Waals surface area (Å²) in [5.74, 6) is 0.915. The Morgan fingerprint density at radius 2 is 1.67 bits per heavy atom. The molecule has 1 unspecified atom stereocenters. The molecule has 2 aromatic carbocycles. The van der Waals surface area contributed by atoms with E-state index in [1.54, 1.807) is 31.4 Å². The molecule has 1 spiro atoms. The van der Waals surface area contributed by atoms with E-state index in [9.17, 15) is 18.0 Å². The van der Waals surface area contributed by atoms with E-state index < -0.39 is 15.9 Å². The normalized spacial score (nSPS) is 17.9. The molecular formula is C28H38ClN3O6S. The molecular weight excluding hydrogens is 542 g/mol. The van der Waals surface area contributed by atoms with Crippen LogP contribution in [0.25, 0.3) is 0 Å². The van der Waals surface area contributed by atoms with Crippen LogP contribution in [-0.2, 0) is 25.9 Å². The van der Waals surface area contributed by atoms with Crippen molar-refractivity contribution < 1.29 is 27.5 Å². The molecule has 214 valence electrons. The number of para-hydroxylation sites is 1. The number of methoxy groups -OCH3 is 2. The van der Waals surface area contributed by atoms with Crippen LogP contribution in [0.3, 0.4) is 0 Å². The summed E-state index contributed by atoms with van der Waals surface area (Å²) in [6.45, 7) is 3.62. The van der Waals surface area contributed by atoms with Gasteiger partial charge in [-0.25, -0.2) is 13.2 Å². The number of piperidine rings is 1. The number of nitrogens with one attached hydrogen (secondary N) is 1. The Hall–Kier alpha value is -2.82. The number of carbonyl (C=O) groups excluding carboxylic acids is 2. The standard InChI is InChI=1S/C28H37N3O6S.ClH/c1-36-25-7-5-4-6-23(25)24(29-27(33)37-2)12-16-30-17-13-28(14-18-30)15-19-31(26(28)32)20-21-8-10-22(11-9-21)38(3,34)35;/h4-11,24H,12-20H2,1-3H3,(H,29,33);1H. The maximum atomic E-state index is 13.4. The molecule has 2 fully saturated rings. The van der Waals surface area contributed by atoms with Gasteiger partial charge in [-0.05, 0) is 62.5 Å². The summed E-state index contributed by atoms with van der Waals surface area (Å²) >= 11 is 0. The van der Waals surface area contributed by atoms with Gasteiger partial charge in [-0.1, -0.05) is 30.3 Å². The van der Waals surface area contributed by atoms with E-state index in [0.29, 0.717) is 25.3 Å². The summed E-state index contributed by atoms with van der Waals surface area (Å²) < 4.78 is 33.8. The first-order valence-corrected chi connectivity index (χ1v) is 14.8. The Kier molecular flexibility index (Phi) is 10.3. The topological polar surface area (TPSA) is 105 Å². The first-order valence-electron chi connectivity index (χ1n) is 12.9. The van der Waals surface area contributed by atoms with Crippen molar-refractivity contribution in [1.82, 2.24) is 15.1 Å². The largest absolute Gasteiger partial charge is 0.496 e. The molecule has 0 radical (unpaired) electrons. The van der Waals surface area contributed by atoms with Gasteiger partial charge in [0.05, 0.1) is 30.6 Å². The van der Waals surface area contributed by atoms with Gasteiger partial charge in [0, 0.05) is 31.5 Å². The maximum Gasteiger partial charge on any atom is 0.407 e. The molecule has 1 N–H and O–H groups in total. The van der Waals surface area contributed by atoms with E-state index in [0.717, 1.165) is 50.0 Å². The molecule has 2 amide bonds. The minimum absolute atomic E-state index is 0. The number of carbonyl (C=O) groups is 2. The first-order chi connectivity index (χ1) is 18.1. The van der Waals surface area contributed by atoms with E-state index in [1.165, 1.54) is 13.4 Å². The number of benzene rings is 2. The zero-order valence-corrected chi connectivity index (χ0v) is 24.4. The van der Waals surface area contributed by atoms with Crippen LogP contribution < -0.4 is 10.1 Å². The fourth-order valence-electron chi connectivity index (χ4n) is 5.55. The molecule has 2 aliphatic rings. The molecule has 0 bridgehead atoms. The number of sulfone groups is 1. The van der Waals surface area contributed by atoms with Crippen molar-refractivity contribution in [2.24, 2.45) is 5.41 Å². The van der Waals surface area contributed by atoms with Crippen LogP contribution in [-0.4, -0.2) is 76.9 Å². The number of nitrogens with zero attached hydrogens (tertiary/aromatic N) is 2. The highest BCUT2D eigenvalue weighted by Crippen LogP contribution is 2.42. The van der Waals surface area contributed by atoms with Crippen LogP contribution in [0, 0.1) is 5.41 Å². The van der Waals surface area contributed by atoms with E-state index >= 15 is 0 Å². The minimum Gasteiger partial charge on any atom is -0.496 e. The molecule has 9 nitrogen and oxygen atoms in total. The summed E-state index contributed by atoms with van der Waals surface area (Å²) in [5.41, 5.74) is 1.51. The van der Waals surface area contributed by atoms with Crippen molar-refractivity contribution in [3.05, 3.63) is 59.7 Å². The van der Waals surface area contributed by atoms with Gasteiger partial charge in [0.2, 0.25) is 5.91 Å². The second-order valence-corrected chi connectivity index (χ2v) is 12.2. The average Bonchev–Trinajstić information content (AvgIpc) is 3.21. The Bertz CT molecular complexity index is 1250. The number of hydrogen-bond acceptors (Lipinski definition) is 7. The van der Waals surface area contributed by atoms with Crippen molar-refractivity contribution in [2.75, 3.05) is 46.7 Å². The van der Waals surface area contributed by atoms with E-state index in [-0.39, 0.29) is 34.7 Å². The Labute approximate surface area is 237 Å². The summed E-state index contributed by atoms with van der Waals surface area (Å²) in [4.78, 5) is 30.0. The summed E-state index contributed by atoms with van der Waals surface area (Å²) in [6, 6.07) is 14.2. The Morgan fingerprint density at radius 3 is 2.28 bits per heavy atom. The first kappa shape index (κ1) is 30.7. The zero-order valence-electron chi connectivity index (χ0n) is 22.7.